The first-order valence-electron chi connectivity index (χ1n) is 15.0. The number of ether oxygens (including phenoxy) is 1. The first-order valence-corrected chi connectivity index (χ1v) is 18.1. The molecule has 1 saturated heterocycles. The molecule has 0 aliphatic carbocycles. The van der Waals surface area contributed by atoms with Crippen LogP contribution in [-0.2, 0) is 34.8 Å². The summed E-state index contributed by atoms with van der Waals surface area (Å²) in [7, 11) is -1.15. The molecule has 2 amide bonds. The number of aromatic nitrogens is 1. The molecule has 250 valence electrons. The van der Waals surface area contributed by atoms with Crippen molar-refractivity contribution in [2.24, 2.45) is 19.6 Å². The summed E-state index contributed by atoms with van der Waals surface area (Å²) in [4.78, 5) is 56.3. The highest BCUT2D eigenvalue weighted by molar-refractivity contribution is 8.08. The van der Waals surface area contributed by atoms with E-state index in [0.717, 1.165) is 16.7 Å². The Bertz CT molecular complexity index is 1850. The van der Waals surface area contributed by atoms with E-state index in [4.69, 9.17) is 15.3 Å². The maximum absolute atomic E-state index is 14.2. The van der Waals surface area contributed by atoms with Crippen molar-refractivity contribution in [2.45, 2.75) is 23.9 Å². The molecule has 3 aliphatic rings. The number of hydrogen-bond acceptors (Lipinski definition) is 11. The predicted molar refractivity (Wildman–Crippen MR) is 193 cm³/mol. The normalized spacial score (nSPS) is 20.1. The number of thioether (sulfide) groups is 2. The van der Waals surface area contributed by atoms with Crippen molar-refractivity contribution in [1.82, 2.24) is 15.2 Å². The molecule has 0 spiro atoms. The fourth-order valence-corrected chi connectivity index (χ4v) is 8.26. The second-order valence-corrected chi connectivity index (χ2v) is 14.0. The first kappa shape index (κ1) is 34.0. The molecule has 1 fully saturated rings. The summed E-state index contributed by atoms with van der Waals surface area (Å²) in [5, 5.41) is 4.25. The van der Waals surface area contributed by atoms with Gasteiger partial charge in [0.1, 0.15) is 28.0 Å². The average molecular weight is 714 g/mol. The maximum atomic E-state index is 14.2. The zero-order valence-electron chi connectivity index (χ0n) is 26.0. The summed E-state index contributed by atoms with van der Waals surface area (Å²) in [5.41, 5.74) is 8.52. The van der Waals surface area contributed by atoms with E-state index in [1.807, 2.05) is 84.3 Å². The summed E-state index contributed by atoms with van der Waals surface area (Å²) < 4.78 is 14.4. The van der Waals surface area contributed by atoms with E-state index in [-0.39, 0.29) is 29.7 Å². The van der Waals surface area contributed by atoms with Gasteiger partial charge in [-0.25, -0.2) is 14.6 Å². The fraction of sp³-hybridized carbons (Fsp3) is 0.176. The van der Waals surface area contributed by atoms with Gasteiger partial charge < -0.3 is 15.8 Å². The lowest BCUT2D eigenvalue weighted by Crippen LogP contribution is -2.70. The number of benzene rings is 2. The van der Waals surface area contributed by atoms with Crippen LogP contribution in [0, 0.1) is 0 Å². The van der Waals surface area contributed by atoms with Crippen LogP contribution in [0.2, 0.25) is 0 Å². The van der Waals surface area contributed by atoms with Crippen LogP contribution in [0.25, 0.3) is 6.08 Å². The smallest absolute Gasteiger partial charge is 0.356 e. The maximum Gasteiger partial charge on any atom is 0.356 e. The Kier molecular flexibility index (Phi) is 11.1. The summed E-state index contributed by atoms with van der Waals surface area (Å²) in [5.74, 6) is -0.936. The molecule has 3 aliphatic heterocycles. The minimum atomic E-state index is -1.15. The molecule has 15 heteroatoms. The highest BCUT2D eigenvalue weighted by atomic mass is 32.2. The molecule has 1 aromatic heterocycles. The third-order valence-electron chi connectivity index (χ3n) is 7.28. The van der Waals surface area contributed by atoms with E-state index >= 15 is 0 Å². The zero-order chi connectivity index (χ0) is 34.2. The average Bonchev–Trinajstić information content (AvgIpc) is 3.48. The summed E-state index contributed by atoms with van der Waals surface area (Å²) in [6.45, 7) is 3.74. The molecule has 3 N–H and O–H groups in total. The van der Waals surface area contributed by atoms with E-state index in [2.05, 4.69) is 30.8 Å². The van der Waals surface area contributed by atoms with E-state index in [1.165, 1.54) is 34.5 Å². The SMILES string of the molecule is C=CCO/N=S1\N=C(CC(=O)NC2C(=O)N3C(C(=O)OC(c4ccccc4)c4ccccc4)=C(S/C=C\c4cccnc4)CSC23)N=C1N. The Balaban J connectivity index is 1.22. The zero-order valence-corrected chi connectivity index (χ0v) is 28.4. The second kappa shape index (κ2) is 16.0. The minimum absolute atomic E-state index is 0.126. The van der Waals surface area contributed by atoms with Crippen LogP contribution < -0.4 is 11.1 Å². The second-order valence-electron chi connectivity index (χ2n) is 10.6. The molecule has 12 nitrogen and oxygen atoms in total. The number of pyridine rings is 1. The van der Waals surface area contributed by atoms with E-state index in [9.17, 15) is 14.4 Å². The van der Waals surface area contributed by atoms with Gasteiger partial charge >= 0.3 is 5.97 Å². The molecule has 3 aromatic rings. The quantitative estimate of drug-likeness (QED) is 0.0843. The van der Waals surface area contributed by atoms with Gasteiger partial charge in [0.25, 0.3) is 5.91 Å². The summed E-state index contributed by atoms with van der Waals surface area (Å²) in [6, 6.07) is 21.8. The largest absolute Gasteiger partial charge is 0.448 e. The van der Waals surface area contributed by atoms with Crippen LogP contribution >= 0.6 is 23.5 Å². The molecule has 0 bridgehead atoms. The van der Waals surface area contributed by atoms with Gasteiger partial charge in [-0.3, -0.25) is 19.5 Å². The van der Waals surface area contributed by atoms with Gasteiger partial charge in [0, 0.05) is 23.1 Å². The number of esters is 1. The van der Waals surface area contributed by atoms with Gasteiger partial charge in [0.05, 0.1) is 13.0 Å². The lowest BCUT2D eigenvalue weighted by Gasteiger charge is -2.49. The van der Waals surface area contributed by atoms with E-state index in [1.54, 1.807) is 12.4 Å². The number of nitrogens with one attached hydrogen (secondary N) is 1. The number of rotatable bonds is 13. The molecule has 3 atom stereocenters. The lowest BCUT2D eigenvalue weighted by molar-refractivity contribution is -0.154. The number of carbonyl (C=O) groups excluding carboxylic acids is 3. The highest BCUT2D eigenvalue weighted by Crippen LogP contribution is 2.45. The number of nitrogens with zero attached hydrogens (tertiary/aromatic N) is 5. The van der Waals surface area contributed by atoms with Crippen LogP contribution in [0.15, 0.2) is 128 Å². The Morgan fingerprint density at radius 1 is 1.14 bits per heavy atom. The molecule has 6 rings (SSSR count). The molecule has 4 heterocycles. The van der Waals surface area contributed by atoms with Crippen molar-refractivity contribution >= 4 is 69.3 Å². The third kappa shape index (κ3) is 8.08. The Labute approximate surface area is 293 Å². The third-order valence-corrected chi connectivity index (χ3v) is 10.7. The van der Waals surface area contributed by atoms with Crippen molar-refractivity contribution in [1.29, 1.82) is 0 Å². The van der Waals surface area contributed by atoms with Crippen LogP contribution in [0.3, 0.4) is 0 Å². The number of nitrogens with two attached hydrogens (primary N) is 1. The van der Waals surface area contributed by atoms with E-state index < -0.39 is 46.2 Å². The van der Waals surface area contributed by atoms with Crippen LogP contribution in [0.5, 0.6) is 0 Å². The standard InChI is InChI=1S/C34H31N7O5S3/c1-2-17-45-40-49-34(35)37-26(39-49)19-27(42)38-28-31(43)41-29(25(21-48-32(28)41)47-18-15-22-10-9-16-36-20-22)33(44)46-30(23-11-5-3-6-12-23)24-13-7-4-8-14-24/h2-16,18,20,28,30,32H,1,17,19,21H2,(H,38,42)(H2,35,37,39)/b18-15-. The van der Waals surface area contributed by atoms with Gasteiger partial charge in [0.2, 0.25) is 5.91 Å². The van der Waals surface area contributed by atoms with Crippen molar-refractivity contribution in [3.05, 3.63) is 131 Å². The van der Waals surface area contributed by atoms with Crippen LogP contribution in [0.4, 0.5) is 0 Å². The van der Waals surface area contributed by atoms with Crippen molar-refractivity contribution in [2.75, 3.05) is 12.4 Å². The predicted octanol–water partition coefficient (Wildman–Crippen LogP) is 4.68. The fourth-order valence-electron chi connectivity index (χ4n) is 5.05. The molecular weight excluding hydrogens is 683 g/mol. The van der Waals surface area contributed by atoms with Gasteiger partial charge in [-0.2, -0.15) is 4.40 Å². The van der Waals surface area contributed by atoms with Gasteiger partial charge in [0.15, 0.2) is 17.1 Å². The summed E-state index contributed by atoms with van der Waals surface area (Å²) >= 11 is 2.79. The topological polar surface area (TPSA) is 161 Å². The number of fused-ring (bicyclic) bond motifs is 1. The number of carbonyl (C=O) groups is 3. The van der Waals surface area contributed by atoms with Crippen LogP contribution in [-0.4, -0.2) is 62.4 Å². The molecule has 0 saturated carbocycles. The highest BCUT2D eigenvalue weighted by Gasteiger charge is 2.54. The van der Waals surface area contributed by atoms with Crippen LogP contribution in [0.1, 0.15) is 29.2 Å². The van der Waals surface area contributed by atoms with Gasteiger partial charge in [-0.05, 0) is 34.2 Å². The number of hydrogen-bond donors (Lipinski definition) is 2. The van der Waals surface area contributed by atoms with Crippen molar-refractivity contribution in [3.8, 4) is 0 Å². The van der Waals surface area contributed by atoms with Gasteiger partial charge in [-0.1, -0.05) is 89.1 Å². The molecule has 2 aromatic carbocycles. The minimum Gasteiger partial charge on any atom is -0.448 e. The molecule has 3 unspecified atom stereocenters. The van der Waals surface area contributed by atoms with Crippen molar-refractivity contribution in [3.63, 3.8) is 0 Å². The molecule has 0 radical (unpaired) electrons. The Hall–Kier alpha value is -4.83. The number of amidine groups is 2. The Morgan fingerprint density at radius 3 is 2.55 bits per heavy atom. The first-order chi connectivity index (χ1) is 23.9. The number of aliphatic imine (C=N–C) groups is 1. The Morgan fingerprint density at radius 2 is 1.88 bits per heavy atom. The van der Waals surface area contributed by atoms with Crippen molar-refractivity contribution < 1.29 is 24.0 Å². The lowest BCUT2D eigenvalue weighted by atomic mass is 10.0. The van der Waals surface area contributed by atoms with Gasteiger partial charge in [-0.15, -0.1) is 18.3 Å². The molecule has 49 heavy (non-hydrogen) atoms. The monoisotopic (exact) mass is 713 g/mol. The number of β-lactam (4-membered cyclic amide) rings is 1. The van der Waals surface area contributed by atoms with E-state index in [0.29, 0.717) is 10.7 Å². The summed E-state index contributed by atoms with van der Waals surface area (Å²) in [6.07, 6.45) is 5.92. The molecular formula is C34H31N7O5S3. The number of amides is 2.